The van der Waals surface area contributed by atoms with E-state index in [0.29, 0.717) is 0 Å². The molecule has 56 valence electrons. The van der Waals surface area contributed by atoms with Crippen molar-refractivity contribution in [3.05, 3.63) is 0 Å². The summed E-state index contributed by atoms with van der Waals surface area (Å²) in [6.45, 7) is 1.85. The van der Waals surface area contributed by atoms with Crippen molar-refractivity contribution >= 4 is 115 Å². The first kappa shape index (κ1) is 18.9. The fourth-order valence-electron chi connectivity index (χ4n) is 0.335. The van der Waals surface area contributed by atoms with Crippen molar-refractivity contribution < 1.29 is 19.4 Å². The molecule has 0 amide bonds. The van der Waals surface area contributed by atoms with Crippen molar-refractivity contribution in [1.82, 2.24) is 0 Å². The Balaban J connectivity index is -0.000000320. The van der Waals surface area contributed by atoms with Crippen LogP contribution in [0.25, 0.3) is 0 Å². The predicted molar refractivity (Wildman–Crippen MR) is 43.2 cm³/mol. The molecule has 0 aliphatic heterocycles. The van der Waals surface area contributed by atoms with E-state index in [1.54, 1.807) is 6.92 Å². The summed E-state index contributed by atoms with van der Waals surface area (Å²) in [7, 11) is 0. The second-order valence-electron chi connectivity index (χ2n) is 1.38. The molecule has 0 aromatic rings. The Hall–Kier alpha value is 2.21. The molecule has 0 aromatic carbocycles. The van der Waals surface area contributed by atoms with E-state index in [2.05, 4.69) is 4.74 Å². The fraction of sp³-hybridized carbons (Fsp3) is 0.600. The first-order valence-corrected chi connectivity index (χ1v) is 2.54. The maximum absolute atomic E-state index is 10.3. The molecule has 0 spiro atoms. The van der Waals surface area contributed by atoms with Crippen molar-refractivity contribution in [2.45, 2.75) is 13.3 Å². The van der Waals surface area contributed by atoms with Crippen LogP contribution in [0.5, 0.6) is 0 Å². The van der Waals surface area contributed by atoms with E-state index in [9.17, 15) is 9.59 Å². The maximum atomic E-state index is 10.3. The van der Waals surface area contributed by atoms with Crippen LogP contribution in [0.2, 0.25) is 0 Å². The topological polar surface area (TPSA) is 63.6 Å². The van der Waals surface area contributed by atoms with Gasteiger partial charge in [0.05, 0.1) is 6.61 Å². The number of carbonyl (C=O) groups excluding carboxylic acids is 1. The third-order valence-corrected chi connectivity index (χ3v) is 0.601. The first-order valence-electron chi connectivity index (χ1n) is 2.54. The fourth-order valence-corrected chi connectivity index (χ4v) is 0.335. The zero-order valence-electron chi connectivity index (χ0n) is 5.09. The Morgan fingerprint density at radius 2 is 1.82 bits per heavy atom. The molecular formula is C5H10K2O4. The van der Waals surface area contributed by atoms with E-state index in [0.717, 1.165) is 0 Å². The van der Waals surface area contributed by atoms with E-state index in [4.69, 9.17) is 5.11 Å². The van der Waals surface area contributed by atoms with E-state index >= 15 is 0 Å². The Labute approximate surface area is 150 Å². The number of esters is 1. The Kier molecular flexibility index (Phi) is 21.0. The van der Waals surface area contributed by atoms with Gasteiger partial charge in [-0.2, -0.15) is 0 Å². The quantitative estimate of drug-likeness (QED) is 0.360. The van der Waals surface area contributed by atoms with Gasteiger partial charge in [-0.05, 0) is 6.92 Å². The van der Waals surface area contributed by atoms with Gasteiger partial charge in [0.15, 0.2) is 0 Å². The van der Waals surface area contributed by atoms with Gasteiger partial charge in [0.1, 0.15) is 6.42 Å². The van der Waals surface area contributed by atoms with Crippen molar-refractivity contribution in [3.8, 4) is 0 Å². The normalized spacial score (nSPS) is 7.00. The molecule has 11 heavy (non-hydrogen) atoms. The SMILES string of the molecule is CCOC(=O)CC(=O)O.[KH].[KH]. The molecule has 0 heterocycles. The predicted octanol–water partition coefficient (Wildman–Crippen LogP) is -1.27. The zero-order valence-corrected chi connectivity index (χ0v) is 5.09. The van der Waals surface area contributed by atoms with Crippen LogP contribution < -0.4 is 0 Å². The van der Waals surface area contributed by atoms with Gasteiger partial charge in [-0.1, -0.05) is 0 Å². The molecule has 0 saturated carbocycles. The van der Waals surface area contributed by atoms with Gasteiger partial charge in [-0.15, -0.1) is 0 Å². The molecule has 0 saturated heterocycles. The molecule has 1 N–H and O–H groups in total. The van der Waals surface area contributed by atoms with Gasteiger partial charge in [-0.3, -0.25) is 9.59 Å². The van der Waals surface area contributed by atoms with Gasteiger partial charge >= 0.3 is 115 Å². The summed E-state index contributed by atoms with van der Waals surface area (Å²) in [5.41, 5.74) is 0. The minimum absolute atomic E-state index is 0. The van der Waals surface area contributed by atoms with Crippen LogP contribution in [0.4, 0.5) is 0 Å². The van der Waals surface area contributed by atoms with Gasteiger partial charge in [0.2, 0.25) is 0 Å². The van der Waals surface area contributed by atoms with Crippen LogP contribution in [-0.2, 0) is 14.3 Å². The van der Waals surface area contributed by atoms with Crippen LogP contribution in [0.3, 0.4) is 0 Å². The van der Waals surface area contributed by atoms with Gasteiger partial charge in [-0.25, -0.2) is 0 Å². The second-order valence-corrected chi connectivity index (χ2v) is 1.38. The van der Waals surface area contributed by atoms with E-state index in [-0.39, 0.29) is 109 Å². The Morgan fingerprint density at radius 1 is 1.36 bits per heavy atom. The zero-order chi connectivity index (χ0) is 7.28. The van der Waals surface area contributed by atoms with Gasteiger partial charge in [0.25, 0.3) is 0 Å². The molecule has 6 heteroatoms. The molecule has 0 aromatic heterocycles. The number of aliphatic carboxylic acids is 1. The summed E-state index contributed by atoms with van der Waals surface area (Å²) in [6.07, 6.45) is -0.548. The third-order valence-electron chi connectivity index (χ3n) is 0.601. The number of hydrogen-bond acceptors (Lipinski definition) is 3. The number of carbonyl (C=O) groups is 2. The van der Waals surface area contributed by atoms with Crippen LogP contribution in [-0.4, -0.2) is 126 Å². The van der Waals surface area contributed by atoms with Crippen molar-refractivity contribution in [3.63, 3.8) is 0 Å². The first-order chi connectivity index (χ1) is 4.16. The van der Waals surface area contributed by atoms with E-state index in [1.807, 2.05) is 0 Å². The molecule has 0 atom stereocenters. The van der Waals surface area contributed by atoms with Crippen molar-refractivity contribution in [1.29, 1.82) is 0 Å². The Bertz CT molecular complexity index is 126. The van der Waals surface area contributed by atoms with Crippen molar-refractivity contribution in [2.24, 2.45) is 0 Å². The molecule has 0 radical (unpaired) electrons. The average molecular weight is 212 g/mol. The van der Waals surface area contributed by atoms with Crippen LogP contribution in [0.15, 0.2) is 0 Å². The van der Waals surface area contributed by atoms with Crippen LogP contribution >= 0.6 is 0 Å². The molecule has 0 bridgehead atoms. The minimum atomic E-state index is -1.16. The summed E-state index contributed by atoms with van der Waals surface area (Å²) >= 11 is 0. The number of carboxylic acid groups (broad SMARTS) is 1. The number of carboxylic acids is 1. The molecule has 0 rings (SSSR count). The van der Waals surface area contributed by atoms with Gasteiger partial charge < -0.3 is 9.84 Å². The monoisotopic (exact) mass is 212 g/mol. The molecule has 0 aliphatic rings. The molecular weight excluding hydrogens is 202 g/mol. The van der Waals surface area contributed by atoms with E-state index < -0.39 is 18.4 Å². The average Bonchev–Trinajstić information content (AvgIpc) is 1.63. The van der Waals surface area contributed by atoms with Crippen LogP contribution in [0, 0.1) is 0 Å². The molecule has 4 nitrogen and oxygen atoms in total. The van der Waals surface area contributed by atoms with Crippen LogP contribution in [0.1, 0.15) is 13.3 Å². The Morgan fingerprint density at radius 3 is 2.09 bits per heavy atom. The summed E-state index contributed by atoms with van der Waals surface area (Å²) in [5, 5.41) is 8.01. The van der Waals surface area contributed by atoms with E-state index in [1.165, 1.54) is 0 Å². The third kappa shape index (κ3) is 15.0. The summed E-state index contributed by atoms with van der Waals surface area (Å²) in [5.74, 6) is -1.85. The summed E-state index contributed by atoms with van der Waals surface area (Å²) in [4.78, 5) is 20.0. The van der Waals surface area contributed by atoms with Crippen molar-refractivity contribution in [2.75, 3.05) is 6.61 Å². The summed E-state index contributed by atoms with van der Waals surface area (Å²) < 4.78 is 4.33. The number of ether oxygens (including phenoxy) is 1. The van der Waals surface area contributed by atoms with Gasteiger partial charge in [0, 0.05) is 0 Å². The second kappa shape index (κ2) is 12.2. The molecule has 0 fully saturated rings. The molecule has 0 aliphatic carbocycles. The standard InChI is InChI=1S/C5H8O4.2K.2H/c1-2-9-5(8)3-4(6)7;;;;/h2-3H2,1H3,(H,6,7);;;;. The number of rotatable bonds is 3. The number of hydrogen-bond donors (Lipinski definition) is 1. The summed E-state index contributed by atoms with van der Waals surface area (Å²) in [6, 6.07) is 0. The molecule has 0 unspecified atom stereocenters.